The molecule has 0 aromatic heterocycles. The topological polar surface area (TPSA) is 84.0 Å². The molecule has 1 radical (unpaired) electrons. The van der Waals surface area contributed by atoms with Crippen LogP contribution in [0.1, 0.15) is 0 Å². The summed E-state index contributed by atoms with van der Waals surface area (Å²) >= 11 is 0. The lowest BCUT2D eigenvalue weighted by atomic mass is 10.1. The third kappa shape index (κ3) is 1.67. The van der Waals surface area contributed by atoms with Crippen molar-refractivity contribution in [1.82, 2.24) is 5.73 Å². The molecule has 0 saturated carbocycles. The van der Waals surface area contributed by atoms with Crippen LogP contribution < -0.4 is 10.9 Å². The van der Waals surface area contributed by atoms with Gasteiger partial charge in [0.25, 0.3) is 0 Å². The summed E-state index contributed by atoms with van der Waals surface area (Å²) in [7, 11) is -3.73. The van der Waals surface area contributed by atoms with Gasteiger partial charge in [-0.15, -0.1) is 0 Å². The molecule has 4 nitrogen and oxygen atoms in total. The Morgan fingerprint density at radius 1 is 1.00 bits per heavy atom. The number of nitrogens with two attached hydrogens (primary N) is 1. The second kappa shape index (κ2) is 3.22. The van der Waals surface area contributed by atoms with Gasteiger partial charge >= 0.3 is 0 Å². The zero-order valence-corrected chi connectivity index (χ0v) is 8.58. The predicted molar refractivity (Wildman–Crippen MR) is 58.1 cm³/mol. The molecule has 0 unspecified atom stereocenters. The molecule has 0 aliphatic rings. The summed E-state index contributed by atoms with van der Waals surface area (Å²) in [4.78, 5) is 0.0640. The normalized spacial score (nSPS) is 11.8. The monoisotopic (exact) mass is 221 g/mol. The van der Waals surface area contributed by atoms with Crippen molar-refractivity contribution >= 4 is 26.5 Å². The molecule has 0 amide bonds. The fourth-order valence-electron chi connectivity index (χ4n) is 1.53. The van der Waals surface area contributed by atoms with E-state index in [0.29, 0.717) is 10.8 Å². The molecule has 0 spiro atoms. The van der Waals surface area contributed by atoms with Crippen molar-refractivity contribution in [3.05, 3.63) is 36.4 Å². The molecule has 2 rings (SSSR count). The highest BCUT2D eigenvalue weighted by molar-refractivity contribution is 7.89. The Hall–Kier alpha value is -1.59. The first kappa shape index (κ1) is 9.95. The van der Waals surface area contributed by atoms with Crippen LogP contribution in [-0.4, -0.2) is 8.42 Å². The lowest BCUT2D eigenvalue weighted by molar-refractivity contribution is 0.598. The molecule has 0 aliphatic carbocycles. The van der Waals surface area contributed by atoms with Crippen LogP contribution in [0.25, 0.3) is 10.8 Å². The number of fused-ring (bicyclic) bond motifs is 1. The Kier molecular flexibility index (Phi) is 2.13. The Morgan fingerprint density at radius 3 is 2.27 bits per heavy atom. The van der Waals surface area contributed by atoms with E-state index in [-0.39, 0.29) is 10.6 Å². The van der Waals surface area contributed by atoms with E-state index >= 15 is 0 Å². The van der Waals surface area contributed by atoms with Crippen molar-refractivity contribution in [1.29, 1.82) is 0 Å². The van der Waals surface area contributed by atoms with Gasteiger partial charge in [-0.05, 0) is 12.1 Å². The molecule has 3 N–H and O–H groups in total. The maximum atomic E-state index is 11.3. The Labute approximate surface area is 87.6 Å². The highest BCUT2D eigenvalue weighted by Gasteiger charge is 2.12. The van der Waals surface area contributed by atoms with Crippen LogP contribution >= 0.6 is 0 Å². The molecule has 5 heteroatoms. The predicted octanol–water partition coefficient (Wildman–Crippen LogP) is 1.40. The number of benzene rings is 2. The smallest absolute Gasteiger partial charge is 0.238 e. The van der Waals surface area contributed by atoms with Crippen LogP contribution in [0.4, 0.5) is 5.69 Å². The van der Waals surface area contributed by atoms with Gasteiger partial charge in [0, 0.05) is 10.8 Å². The number of primary sulfonamides is 1. The molecular formula is C10H9N2O2S. The van der Waals surface area contributed by atoms with E-state index in [4.69, 9.17) is 10.9 Å². The number of hydrogen-bond acceptors (Lipinski definition) is 2. The molecule has 0 atom stereocenters. The van der Waals surface area contributed by atoms with Crippen LogP contribution in [0.3, 0.4) is 0 Å². The average molecular weight is 221 g/mol. The third-order valence-electron chi connectivity index (χ3n) is 2.19. The van der Waals surface area contributed by atoms with E-state index in [0.717, 1.165) is 0 Å². The molecular weight excluding hydrogens is 212 g/mol. The molecule has 0 heterocycles. The van der Waals surface area contributed by atoms with E-state index in [2.05, 4.69) is 0 Å². The number of rotatable bonds is 1. The van der Waals surface area contributed by atoms with Crippen LogP contribution in [0, 0.1) is 0 Å². The Morgan fingerprint density at radius 2 is 1.60 bits per heavy atom. The summed E-state index contributed by atoms with van der Waals surface area (Å²) in [5.74, 6) is 0. The molecule has 2 aromatic carbocycles. The number of hydrogen-bond donors (Lipinski definition) is 1. The zero-order chi connectivity index (χ0) is 11.1. The quantitative estimate of drug-likeness (QED) is 0.789. The van der Waals surface area contributed by atoms with Crippen molar-refractivity contribution in [3.63, 3.8) is 0 Å². The van der Waals surface area contributed by atoms with Crippen LogP contribution in [0.15, 0.2) is 41.3 Å². The maximum absolute atomic E-state index is 11.3. The first-order chi connectivity index (χ1) is 7.00. The summed E-state index contributed by atoms with van der Waals surface area (Å²) in [6.07, 6.45) is 0. The van der Waals surface area contributed by atoms with Gasteiger partial charge in [0.1, 0.15) is 0 Å². The Balaban J connectivity index is 2.96. The first-order valence-corrected chi connectivity index (χ1v) is 5.81. The van der Waals surface area contributed by atoms with Crippen molar-refractivity contribution in [3.8, 4) is 0 Å². The standard InChI is InChI=1S/C10H9N2O2S/c11-9-5-1-4-8-7(9)3-2-6-10(8)15(12,13)14/h1-6,11H,(H2,12,13,14). The van der Waals surface area contributed by atoms with E-state index in [1.165, 1.54) is 6.07 Å². The van der Waals surface area contributed by atoms with E-state index in [1.807, 2.05) is 0 Å². The zero-order valence-electron chi connectivity index (χ0n) is 7.77. The average Bonchev–Trinajstić information content (AvgIpc) is 2.16. The minimum absolute atomic E-state index is 0.0640. The Bertz CT molecular complexity index is 620. The van der Waals surface area contributed by atoms with E-state index in [9.17, 15) is 8.42 Å². The minimum Gasteiger partial charge on any atom is -0.300 e. The lowest BCUT2D eigenvalue weighted by Gasteiger charge is -2.05. The summed E-state index contributed by atoms with van der Waals surface area (Å²) < 4.78 is 22.5. The van der Waals surface area contributed by atoms with Crippen LogP contribution in [-0.2, 0) is 10.0 Å². The lowest BCUT2D eigenvalue weighted by Crippen LogP contribution is -2.12. The van der Waals surface area contributed by atoms with Crippen molar-refractivity contribution < 1.29 is 8.42 Å². The van der Waals surface area contributed by atoms with Gasteiger partial charge < -0.3 is 5.73 Å². The highest BCUT2D eigenvalue weighted by Crippen LogP contribution is 2.26. The van der Waals surface area contributed by atoms with Crippen molar-refractivity contribution in [2.24, 2.45) is 5.14 Å². The van der Waals surface area contributed by atoms with E-state index in [1.54, 1.807) is 30.3 Å². The first-order valence-electron chi connectivity index (χ1n) is 4.26. The van der Waals surface area contributed by atoms with Crippen LogP contribution in [0.5, 0.6) is 0 Å². The van der Waals surface area contributed by atoms with Gasteiger partial charge in [-0.1, -0.05) is 24.3 Å². The van der Waals surface area contributed by atoms with Crippen molar-refractivity contribution in [2.75, 3.05) is 0 Å². The van der Waals surface area contributed by atoms with Gasteiger partial charge in [0.2, 0.25) is 10.0 Å². The van der Waals surface area contributed by atoms with Gasteiger partial charge in [0.05, 0.1) is 10.6 Å². The van der Waals surface area contributed by atoms with Gasteiger partial charge in [-0.3, -0.25) is 0 Å². The summed E-state index contributed by atoms with van der Waals surface area (Å²) in [5, 5.41) is 6.16. The molecule has 0 saturated heterocycles. The maximum Gasteiger partial charge on any atom is 0.238 e. The molecule has 77 valence electrons. The number of sulfonamides is 1. The summed E-state index contributed by atoms with van der Waals surface area (Å²) in [6.45, 7) is 0. The largest absolute Gasteiger partial charge is 0.300 e. The fraction of sp³-hybridized carbons (Fsp3) is 0. The van der Waals surface area contributed by atoms with Gasteiger partial charge in [-0.25, -0.2) is 13.6 Å². The van der Waals surface area contributed by atoms with Gasteiger partial charge in [0.15, 0.2) is 0 Å². The third-order valence-corrected chi connectivity index (χ3v) is 3.16. The molecule has 0 fully saturated rings. The SMILES string of the molecule is [NH]c1cccc2c(S(N)(=O)=O)cccc12. The molecule has 2 aromatic rings. The second-order valence-electron chi connectivity index (χ2n) is 3.20. The minimum atomic E-state index is -3.73. The number of nitrogens with one attached hydrogen (secondary N) is 1. The second-order valence-corrected chi connectivity index (χ2v) is 4.73. The highest BCUT2D eigenvalue weighted by atomic mass is 32.2. The summed E-state index contributed by atoms with van der Waals surface area (Å²) in [5.41, 5.74) is 7.92. The molecule has 0 aliphatic heterocycles. The fourth-order valence-corrected chi connectivity index (χ4v) is 2.28. The van der Waals surface area contributed by atoms with Crippen molar-refractivity contribution in [2.45, 2.75) is 4.90 Å². The molecule has 15 heavy (non-hydrogen) atoms. The summed E-state index contributed by atoms with van der Waals surface area (Å²) in [6, 6.07) is 9.62. The van der Waals surface area contributed by atoms with Gasteiger partial charge in [-0.2, -0.15) is 0 Å². The van der Waals surface area contributed by atoms with E-state index < -0.39 is 10.0 Å². The molecule has 0 bridgehead atoms. The van der Waals surface area contributed by atoms with Crippen LogP contribution in [0.2, 0.25) is 0 Å².